The number of hydrogen-bond donors (Lipinski definition) is 1. The van der Waals surface area contributed by atoms with E-state index in [1.54, 1.807) is 11.0 Å². The van der Waals surface area contributed by atoms with Gasteiger partial charge in [-0.3, -0.25) is 9.59 Å². The number of furan rings is 1. The maximum atomic E-state index is 12.8. The van der Waals surface area contributed by atoms with Gasteiger partial charge in [-0.05, 0) is 31.4 Å². The molecule has 24 heavy (non-hydrogen) atoms. The highest BCUT2D eigenvalue weighted by atomic mass is 16.5. The van der Waals surface area contributed by atoms with E-state index in [1.165, 1.54) is 7.11 Å². The molecule has 1 atom stereocenters. The first-order valence-electron chi connectivity index (χ1n) is 7.98. The summed E-state index contributed by atoms with van der Waals surface area (Å²) in [6, 6.07) is 7.45. The van der Waals surface area contributed by atoms with Gasteiger partial charge in [-0.25, -0.2) is 0 Å². The van der Waals surface area contributed by atoms with Crippen LogP contribution >= 0.6 is 0 Å². The lowest BCUT2D eigenvalue weighted by Gasteiger charge is -2.39. The lowest BCUT2D eigenvalue weighted by atomic mass is 9.80. The third-order valence-corrected chi connectivity index (χ3v) is 4.69. The monoisotopic (exact) mass is 331 g/mol. The van der Waals surface area contributed by atoms with Crippen molar-refractivity contribution in [1.82, 2.24) is 4.90 Å². The third-order valence-electron chi connectivity index (χ3n) is 4.69. The van der Waals surface area contributed by atoms with Gasteiger partial charge in [0.2, 0.25) is 0 Å². The summed E-state index contributed by atoms with van der Waals surface area (Å²) >= 11 is 0. The fourth-order valence-electron chi connectivity index (χ4n) is 3.41. The SMILES string of the molecule is COCC1(C(=O)O)CCCN(C(=O)c2cc3cccc(C)c3o2)C1. The van der Waals surface area contributed by atoms with Crippen molar-refractivity contribution in [2.24, 2.45) is 5.41 Å². The summed E-state index contributed by atoms with van der Waals surface area (Å²) in [5.41, 5.74) is 0.605. The van der Waals surface area contributed by atoms with E-state index in [2.05, 4.69) is 0 Å². The summed E-state index contributed by atoms with van der Waals surface area (Å²) < 4.78 is 10.8. The highest BCUT2D eigenvalue weighted by Crippen LogP contribution is 2.32. The second kappa shape index (κ2) is 6.28. The van der Waals surface area contributed by atoms with Crippen LogP contribution in [0.25, 0.3) is 11.0 Å². The molecule has 1 fully saturated rings. The highest BCUT2D eigenvalue weighted by molar-refractivity contribution is 5.97. The summed E-state index contributed by atoms with van der Waals surface area (Å²) in [6.45, 7) is 2.67. The standard InChI is InChI=1S/C18H21NO5/c1-12-5-3-6-13-9-14(24-15(12)13)16(20)19-8-4-7-18(10-19,11-23-2)17(21)22/h3,5-6,9H,4,7-8,10-11H2,1-2H3,(H,21,22). The van der Waals surface area contributed by atoms with Crippen molar-refractivity contribution in [3.8, 4) is 0 Å². The zero-order valence-electron chi connectivity index (χ0n) is 13.9. The molecule has 0 saturated carbocycles. The Bertz CT molecular complexity index is 777. The number of carboxylic acids is 1. The van der Waals surface area contributed by atoms with Gasteiger partial charge >= 0.3 is 5.97 Å². The molecule has 3 rings (SSSR count). The minimum absolute atomic E-state index is 0.0886. The Balaban J connectivity index is 1.88. The molecule has 1 unspecified atom stereocenters. The summed E-state index contributed by atoms with van der Waals surface area (Å²) in [4.78, 5) is 26.1. The Morgan fingerprint density at radius 3 is 2.88 bits per heavy atom. The molecule has 128 valence electrons. The molecule has 0 radical (unpaired) electrons. The van der Waals surface area contributed by atoms with Crippen molar-refractivity contribution >= 4 is 22.8 Å². The number of amides is 1. The van der Waals surface area contributed by atoms with E-state index in [4.69, 9.17) is 9.15 Å². The molecule has 1 amide bonds. The van der Waals surface area contributed by atoms with Gasteiger partial charge in [0.25, 0.3) is 5.91 Å². The smallest absolute Gasteiger partial charge is 0.313 e. The van der Waals surface area contributed by atoms with Crippen LogP contribution in [0.3, 0.4) is 0 Å². The maximum absolute atomic E-state index is 12.8. The predicted molar refractivity (Wildman–Crippen MR) is 88.0 cm³/mol. The number of methoxy groups -OCH3 is 1. The number of carbonyl (C=O) groups excluding carboxylic acids is 1. The maximum Gasteiger partial charge on any atom is 0.313 e. The van der Waals surface area contributed by atoms with Gasteiger partial charge in [0.1, 0.15) is 11.0 Å². The van der Waals surface area contributed by atoms with Gasteiger partial charge < -0.3 is 19.2 Å². The molecule has 6 nitrogen and oxygen atoms in total. The van der Waals surface area contributed by atoms with E-state index in [1.807, 2.05) is 25.1 Å². The fourth-order valence-corrected chi connectivity index (χ4v) is 3.41. The van der Waals surface area contributed by atoms with Crippen molar-refractivity contribution in [3.63, 3.8) is 0 Å². The van der Waals surface area contributed by atoms with E-state index in [9.17, 15) is 14.7 Å². The number of carboxylic acid groups (broad SMARTS) is 1. The zero-order chi connectivity index (χ0) is 17.3. The average molecular weight is 331 g/mol. The normalized spacial score (nSPS) is 21.2. The van der Waals surface area contributed by atoms with Crippen molar-refractivity contribution in [3.05, 3.63) is 35.6 Å². The molecule has 1 aromatic heterocycles. The molecular formula is C18H21NO5. The molecule has 1 aliphatic heterocycles. The molecule has 0 aliphatic carbocycles. The number of likely N-dealkylation sites (tertiary alicyclic amines) is 1. The minimum atomic E-state index is -1.05. The highest BCUT2D eigenvalue weighted by Gasteiger charge is 2.44. The largest absolute Gasteiger partial charge is 0.481 e. The van der Waals surface area contributed by atoms with Gasteiger partial charge in [0.05, 0.1) is 6.61 Å². The van der Waals surface area contributed by atoms with Crippen LogP contribution in [-0.2, 0) is 9.53 Å². The number of aryl methyl sites for hydroxylation is 1. The Labute approximate surface area is 140 Å². The van der Waals surface area contributed by atoms with Gasteiger partial charge in [-0.15, -0.1) is 0 Å². The minimum Gasteiger partial charge on any atom is -0.481 e. The topological polar surface area (TPSA) is 80.0 Å². The molecule has 1 aromatic carbocycles. The Hall–Kier alpha value is -2.34. The van der Waals surface area contributed by atoms with Crippen LogP contribution < -0.4 is 0 Å². The number of hydrogen-bond acceptors (Lipinski definition) is 4. The van der Waals surface area contributed by atoms with Gasteiger partial charge in [0.15, 0.2) is 5.76 Å². The second-order valence-corrected chi connectivity index (χ2v) is 6.45. The number of piperidine rings is 1. The van der Waals surface area contributed by atoms with Crippen LogP contribution in [-0.4, -0.2) is 48.7 Å². The summed E-state index contributed by atoms with van der Waals surface area (Å²) in [7, 11) is 1.48. The van der Waals surface area contributed by atoms with Crippen LogP contribution in [0.5, 0.6) is 0 Å². The van der Waals surface area contributed by atoms with Gasteiger partial charge in [-0.1, -0.05) is 18.2 Å². The summed E-state index contributed by atoms with van der Waals surface area (Å²) in [6.07, 6.45) is 1.12. The molecular weight excluding hydrogens is 310 g/mol. The van der Waals surface area contributed by atoms with E-state index >= 15 is 0 Å². The number of nitrogens with zero attached hydrogens (tertiary/aromatic N) is 1. The summed E-state index contributed by atoms with van der Waals surface area (Å²) in [5, 5.41) is 10.5. The molecule has 2 heterocycles. The van der Waals surface area contributed by atoms with Crippen LogP contribution in [0.2, 0.25) is 0 Å². The molecule has 1 saturated heterocycles. The van der Waals surface area contributed by atoms with Crippen molar-refractivity contribution in [2.75, 3.05) is 26.8 Å². The van der Waals surface area contributed by atoms with Gasteiger partial charge in [-0.2, -0.15) is 0 Å². The van der Waals surface area contributed by atoms with Crippen LogP contribution in [0.1, 0.15) is 29.0 Å². The number of aliphatic carboxylic acids is 1. The van der Waals surface area contributed by atoms with Crippen LogP contribution in [0.4, 0.5) is 0 Å². The first-order valence-corrected chi connectivity index (χ1v) is 7.98. The molecule has 1 aliphatic rings. The molecule has 6 heteroatoms. The van der Waals surface area contributed by atoms with E-state index in [0.29, 0.717) is 25.0 Å². The lowest BCUT2D eigenvalue weighted by molar-refractivity contribution is -0.155. The number of para-hydroxylation sites is 1. The second-order valence-electron chi connectivity index (χ2n) is 6.45. The number of carbonyl (C=O) groups is 2. The Kier molecular flexibility index (Phi) is 4.32. The van der Waals surface area contributed by atoms with Crippen LogP contribution in [0.15, 0.2) is 28.7 Å². The number of rotatable bonds is 4. The molecule has 2 aromatic rings. The first kappa shape index (κ1) is 16.5. The Morgan fingerprint density at radius 1 is 1.42 bits per heavy atom. The van der Waals surface area contributed by atoms with Gasteiger partial charge in [0, 0.05) is 25.6 Å². The van der Waals surface area contributed by atoms with E-state index in [-0.39, 0.29) is 24.8 Å². The average Bonchev–Trinajstić information content (AvgIpc) is 3.00. The van der Waals surface area contributed by atoms with E-state index in [0.717, 1.165) is 10.9 Å². The first-order chi connectivity index (χ1) is 11.5. The van der Waals surface area contributed by atoms with Crippen molar-refractivity contribution < 1.29 is 23.8 Å². The molecule has 0 spiro atoms. The van der Waals surface area contributed by atoms with Crippen molar-refractivity contribution in [2.45, 2.75) is 19.8 Å². The third kappa shape index (κ3) is 2.78. The van der Waals surface area contributed by atoms with Crippen molar-refractivity contribution in [1.29, 1.82) is 0 Å². The Morgan fingerprint density at radius 2 is 2.21 bits per heavy atom. The molecule has 1 N–H and O–H groups in total. The predicted octanol–water partition coefficient (Wildman–Crippen LogP) is 2.69. The van der Waals surface area contributed by atoms with Crippen LogP contribution in [0, 0.1) is 12.3 Å². The quantitative estimate of drug-likeness (QED) is 0.932. The molecule has 0 bridgehead atoms. The zero-order valence-corrected chi connectivity index (χ0v) is 13.9. The fraction of sp³-hybridized carbons (Fsp3) is 0.444. The number of ether oxygens (including phenoxy) is 1. The number of benzene rings is 1. The summed E-state index contributed by atoms with van der Waals surface area (Å²) in [5.74, 6) is -0.952. The number of fused-ring (bicyclic) bond motifs is 1. The van der Waals surface area contributed by atoms with E-state index < -0.39 is 11.4 Å². The lowest BCUT2D eigenvalue weighted by Crippen LogP contribution is -2.52.